The lowest BCUT2D eigenvalue weighted by Gasteiger charge is -2.34. The molecule has 2 aliphatic heterocycles. The third-order valence-electron chi connectivity index (χ3n) is 4.42. The largest absolute Gasteiger partial charge is 0.355 e. The predicted octanol–water partition coefficient (Wildman–Crippen LogP) is 1.56. The predicted molar refractivity (Wildman–Crippen MR) is 90.0 cm³/mol. The van der Waals surface area contributed by atoms with Crippen LogP contribution in [-0.2, 0) is 9.59 Å². The van der Waals surface area contributed by atoms with E-state index in [2.05, 4.69) is 10.6 Å². The Morgan fingerprint density at radius 1 is 1.23 bits per heavy atom. The highest BCUT2D eigenvalue weighted by Crippen LogP contribution is 2.19. The highest BCUT2D eigenvalue weighted by atomic mass is 35.5. The summed E-state index contributed by atoms with van der Waals surface area (Å²) in [5, 5.41) is 6.31. The van der Waals surface area contributed by atoms with Gasteiger partial charge >= 0.3 is 0 Å². The van der Waals surface area contributed by atoms with Gasteiger partial charge in [-0.15, -0.1) is 12.4 Å². The maximum absolute atomic E-state index is 12.4. The molecule has 22 heavy (non-hydrogen) atoms. The Kier molecular flexibility index (Phi) is 7.13. The van der Waals surface area contributed by atoms with Crippen LogP contribution < -0.4 is 10.6 Å². The van der Waals surface area contributed by atoms with Gasteiger partial charge in [-0.05, 0) is 38.1 Å². The van der Waals surface area contributed by atoms with E-state index in [1.807, 2.05) is 25.7 Å². The average molecular weight is 332 g/mol. The number of carbonyl (C=O) groups is 2. The van der Waals surface area contributed by atoms with Gasteiger partial charge in [0.05, 0.1) is 6.04 Å². The molecular weight excluding hydrogens is 302 g/mol. The van der Waals surface area contributed by atoms with Gasteiger partial charge in [0, 0.05) is 25.0 Å². The van der Waals surface area contributed by atoms with Crippen LogP contribution in [0.2, 0.25) is 0 Å². The van der Waals surface area contributed by atoms with Crippen LogP contribution in [0.3, 0.4) is 0 Å². The molecule has 0 bridgehead atoms. The van der Waals surface area contributed by atoms with Crippen molar-refractivity contribution in [2.45, 2.75) is 52.5 Å². The van der Waals surface area contributed by atoms with Gasteiger partial charge in [0.1, 0.15) is 0 Å². The molecule has 128 valence electrons. The van der Waals surface area contributed by atoms with Crippen LogP contribution in [0.5, 0.6) is 0 Å². The molecule has 2 atom stereocenters. The lowest BCUT2D eigenvalue weighted by molar-refractivity contribution is -0.134. The van der Waals surface area contributed by atoms with Crippen molar-refractivity contribution >= 4 is 24.2 Å². The van der Waals surface area contributed by atoms with Crippen LogP contribution in [0.4, 0.5) is 0 Å². The summed E-state index contributed by atoms with van der Waals surface area (Å²) < 4.78 is 0. The number of nitrogens with zero attached hydrogens (tertiary/aromatic N) is 1. The standard InChI is InChI=1S/C16H29N3O2.ClH/c1-16(2,3)15(21)18-10-12-6-5-9-19(11-12)14(20)13-7-4-8-17-13;/h12-13,17H,4-11H2,1-3H3,(H,18,21);1H. The normalized spacial score (nSPS) is 25.5. The number of carbonyl (C=O) groups excluding carboxylic acids is 2. The van der Waals surface area contributed by atoms with Gasteiger partial charge in [-0.3, -0.25) is 9.59 Å². The average Bonchev–Trinajstić information content (AvgIpc) is 2.97. The lowest BCUT2D eigenvalue weighted by atomic mass is 9.93. The summed E-state index contributed by atoms with van der Waals surface area (Å²) in [7, 11) is 0. The molecule has 6 heteroatoms. The van der Waals surface area contributed by atoms with E-state index >= 15 is 0 Å². The van der Waals surface area contributed by atoms with Gasteiger partial charge in [0.25, 0.3) is 0 Å². The molecule has 5 nitrogen and oxygen atoms in total. The van der Waals surface area contributed by atoms with Crippen LogP contribution in [0, 0.1) is 11.3 Å². The first-order valence-electron chi connectivity index (χ1n) is 8.18. The summed E-state index contributed by atoms with van der Waals surface area (Å²) in [5.74, 6) is 0.721. The van der Waals surface area contributed by atoms with E-state index in [4.69, 9.17) is 0 Å². The summed E-state index contributed by atoms with van der Waals surface area (Å²) in [5.41, 5.74) is -0.349. The van der Waals surface area contributed by atoms with Crippen molar-refractivity contribution in [2.75, 3.05) is 26.2 Å². The monoisotopic (exact) mass is 331 g/mol. The van der Waals surface area contributed by atoms with E-state index < -0.39 is 0 Å². The zero-order chi connectivity index (χ0) is 15.5. The highest BCUT2D eigenvalue weighted by molar-refractivity contribution is 5.85. The SMILES string of the molecule is CC(C)(C)C(=O)NCC1CCCN(C(=O)C2CCCN2)C1.Cl. The molecule has 2 fully saturated rings. The number of likely N-dealkylation sites (tertiary alicyclic amines) is 1. The van der Waals surface area contributed by atoms with Gasteiger partial charge < -0.3 is 15.5 Å². The zero-order valence-electron chi connectivity index (χ0n) is 14.0. The van der Waals surface area contributed by atoms with Crippen LogP contribution in [0.1, 0.15) is 46.5 Å². The summed E-state index contributed by atoms with van der Waals surface area (Å²) in [6, 6.07) is 0.0212. The van der Waals surface area contributed by atoms with E-state index in [-0.39, 0.29) is 35.7 Å². The number of amides is 2. The summed E-state index contributed by atoms with van der Waals surface area (Å²) >= 11 is 0. The second-order valence-electron chi connectivity index (χ2n) is 7.40. The third-order valence-corrected chi connectivity index (χ3v) is 4.42. The maximum atomic E-state index is 12.4. The molecule has 0 saturated carbocycles. The smallest absolute Gasteiger partial charge is 0.239 e. The van der Waals surface area contributed by atoms with Crippen molar-refractivity contribution in [1.29, 1.82) is 0 Å². The first-order valence-corrected chi connectivity index (χ1v) is 8.18. The van der Waals surface area contributed by atoms with Crippen molar-refractivity contribution < 1.29 is 9.59 Å². The minimum Gasteiger partial charge on any atom is -0.355 e. The molecule has 2 N–H and O–H groups in total. The fraction of sp³-hybridized carbons (Fsp3) is 0.875. The topological polar surface area (TPSA) is 61.4 Å². The van der Waals surface area contributed by atoms with E-state index in [0.29, 0.717) is 12.5 Å². The highest BCUT2D eigenvalue weighted by Gasteiger charge is 2.31. The fourth-order valence-electron chi connectivity index (χ4n) is 3.05. The molecule has 2 aliphatic rings. The van der Waals surface area contributed by atoms with Crippen LogP contribution >= 0.6 is 12.4 Å². The van der Waals surface area contributed by atoms with Gasteiger partial charge in [-0.2, -0.15) is 0 Å². The molecule has 0 spiro atoms. The van der Waals surface area contributed by atoms with Crippen molar-refractivity contribution in [2.24, 2.45) is 11.3 Å². The molecule has 2 unspecified atom stereocenters. The molecule has 2 heterocycles. The first-order chi connectivity index (χ1) is 9.88. The molecule has 0 aromatic rings. The van der Waals surface area contributed by atoms with Crippen molar-refractivity contribution in [3.8, 4) is 0 Å². The Bertz CT molecular complexity index is 389. The molecule has 0 radical (unpaired) electrons. The fourth-order valence-corrected chi connectivity index (χ4v) is 3.05. The van der Waals surface area contributed by atoms with Crippen molar-refractivity contribution in [3.05, 3.63) is 0 Å². The molecule has 0 aromatic carbocycles. The van der Waals surface area contributed by atoms with Crippen molar-refractivity contribution in [1.82, 2.24) is 15.5 Å². The molecular formula is C16H30ClN3O2. The number of rotatable bonds is 3. The Hall–Kier alpha value is -0.810. The minimum atomic E-state index is -0.349. The van der Waals surface area contributed by atoms with Crippen LogP contribution in [0.25, 0.3) is 0 Å². The molecule has 0 aliphatic carbocycles. The number of piperidine rings is 1. The van der Waals surface area contributed by atoms with Crippen LogP contribution in [0.15, 0.2) is 0 Å². The molecule has 2 saturated heterocycles. The number of hydrogen-bond acceptors (Lipinski definition) is 3. The number of nitrogens with one attached hydrogen (secondary N) is 2. The van der Waals surface area contributed by atoms with Crippen molar-refractivity contribution in [3.63, 3.8) is 0 Å². The van der Waals surface area contributed by atoms with E-state index in [1.165, 1.54) is 0 Å². The number of hydrogen-bond donors (Lipinski definition) is 2. The Morgan fingerprint density at radius 2 is 1.95 bits per heavy atom. The Morgan fingerprint density at radius 3 is 2.55 bits per heavy atom. The Labute approximate surface area is 140 Å². The summed E-state index contributed by atoms with van der Waals surface area (Å²) in [6.45, 7) is 9.04. The van der Waals surface area contributed by atoms with E-state index in [0.717, 1.165) is 45.3 Å². The molecule has 2 rings (SSSR count). The summed E-state index contributed by atoms with van der Waals surface area (Å²) in [4.78, 5) is 26.3. The second-order valence-corrected chi connectivity index (χ2v) is 7.40. The molecule has 0 aromatic heterocycles. The second kappa shape index (κ2) is 8.16. The van der Waals surface area contributed by atoms with E-state index in [9.17, 15) is 9.59 Å². The maximum Gasteiger partial charge on any atom is 0.239 e. The lowest BCUT2D eigenvalue weighted by Crippen LogP contribution is -2.50. The van der Waals surface area contributed by atoms with E-state index in [1.54, 1.807) is 0 Å². The minimum absolute atomic E-state index is 0. The quantitative estimate of drug-likeness (QED) is 0.825. The number of halogens is 1. The van der Waals surface area contributed by atoms with Gasteiger partial charge in [0.2, 0.25) is 11.8 Å². The Balaban J connectivity index is 0.00000242. The third kappa shape index (κ3) is 5.13. The van der Waals surface area contributed by atoms with Gasteiger partial charge in [0.15, 0.2) is 0 Å². The first kappa shape index (κ1) is 19.2. The summed E-state index contributed by atoms with van der Waals surface area (Å²) in [6.07, 6.45) is 4.18. The van der Waals surface area contributed by atoms with Crippen LogP contribution in [-0.4, -0.2) is 48.9 Å². The molecule has 2 amide bonds. The van der Waals surface area contributed by atoms with Gasteiger partial charge in [-0.25, -0.2) is 0 Å². The van der Waals surface area contributed by atoms with Gasteiger partial charge in [-0.1, -0.05) is 20.8 Å². The zero-order valence-corrected chi connectivity index (χ0v) is 14.8.